The quantitative estimate of drug-likeness (QED) is 0.831. The van der Waals surface area contributed by atoms with E-state index in [0.29, 0.717) is 11.8 Å². The van der Waals surface area contributed by atoms with Gasteiger partial charge >= 0.3 is 0 Å². The zero-order valence-electron chi connectivity index (χ0n) is 10.5. The molecule has 0 fully saturated rings. The fourth-order valence-electron chi connectivity index (χ4n) is 1.35. The molecule has 2 unspecified atom stereocenters. The Balaban J connectivity index is 2.46. The predicted octanol–water partition coefficient (Wildman–Crippen LogP) is 3.16. The Bertz CT molecular complexity index is 308. The second-order valence-corrected chi connectivity index (χ2v) is 4.75. The van der Waals surface area contributed by atoms with Crippen molar-refractivity contribution in [3.63, 3.8) is 0 Å². The summed E-state index contributed by atoms with van der Waals surface area (Å²) in [4.78, 5) is 4.06. The van der Waals surface area contributed by atoms with Crippen molar-refractivity contribution in [2.75, 3.05) is 6.54 Å². The highest BCUT2D eigenvalue weighted by Crippen LogP contribution is 2.12. The first-order valence-corrected chi connectivity index (χ1v) is 5.85. The van der Waals surface area contributed by atoms with Gasteiger partial charge in [0, 0.05) is 6.04 Å². The van der Waals surface area contributed by atoms with Crippen molar-refractivity contribution in [3.8, 4) is 0 Å². The van der Waals surface area contributed by atoms with Crippen LogP contribution >= 0.6 is 0 Å². The fourth-order valence-corrected chi connectivity index (χ4v) is 1.35. The first kappa shape index (κ1) is 13.1. The van der Waals surface area contributed by atoms with Gasteiger partial charge in [-0.15, -0.1) is 0 Å². The number of hydrogen-bond acceptors (Lipinski definition) is 2. The van der Waals surface area contributed by atoms with E-state index < -0.39 is 0 Å². The maximum atomic E-state index is 12.7. The van der Waals surface area contributed by atoms with Crippen LogP contribution in [0, 0.1) is 17.7 Å². The van der Waals surface area contributed by atoms with E-state index in [1.165, 1.54) is 12.3 Å². The molecule has 0 amide bonds. The summed E-state index contributed by atoms with van der Waals surface area (Å²) in [6, 6.07) is 3.35. The second-order valence-electron chi connectivity index (χ2n) is 4.75. The average Bonchev–Trinajstić information content (AvgIpc) is 2.26. The van der Waals surface area contributed by atoms with Gasteiger partial charge in [-0.2, -0.15) is 0 Å². The molecule has 0 aromatic carbocycles. The Kier molecular flexibility index (Phi) is 4.87. The number of nitrogens with zero attached hydrogens (tertiary/aromatic N) is 1. The van der Waals surface area contributed by atoms with E-state index in [1.807, 2.05) is 6.92 Å². The van der Waals surface area contributed by atoms with E-state index in [0.717, 1.165) is 12.2 Å². The van der Waals surface area contributed by atoms with Gasteiger partial charge in [0.1, 0.15) is 5.82 Å². The van der Waals surface area contributed by atoms with Gasteiger partial charge < -0.3 is 5.32 Å². The summed E-state index contributed by atoms with van der Waals surface area (Å²) in [5.74, 6) is 1.01. The van der Waals surface area contributed by atoms with Crippen LogP contribution in [0.4, 0.5) is 4.39 Å². The summed E-state index contributed by atoms with van der Waals surface area (Å²) in [5.41, 5.74) is 0.886. The third-order valence-corrected chi connectivity index (χ3v) is 3.08. The van der Waals surface area contributed by atoms with Crippen LogP contribution in [0.5, 0.6) is 0 Å². The largest absolute Gasteiger partial charge is 0.309 e. The maximum Gasteiger partial charge on any atom is 0.141 e. The number of nitrogens with one attached hydrogen (secondary N) is 1. The van der Waals surface area contributed by atoms with Crippen molar-refractivity contribution in [1.29, 1.82) is 0 Å². The third-order valence-electron chi connectivity index (χ3n) is 3.08. The SMILES string of the molecule is CC(NCC(C)C(C)C)c1ccc(F)cn1. The number of rotatable bonds is 5. The molecule has 1 aromatic heterocycles. The monoisotopic (exact) mass is 224 g/mol. The minimum Gasteiger partial charge on any atom is -0.309 e. The minimum atomic E-state index is -0.286. The molecule has 3 heteroatoms. The number of hydrogen-bond donors (Lipinski definition) is 1. The lowest BCUT2D eigenvalue weighted by atomic mass is 9.98. The smallest absolute Gasteiger partial charge is 0.141 e. The molecule has 16 heavy (non-hydrogen) atoms. The van der Waals surface area contributed by atoms with Crippen molar-refractivity contribution in [2.24, 2.45) is 11.8 Å². The van der Waals surface area contributed by atoms with Crippen LogP contribution in [0.25, 0.3) is 0 Å². The molecule has 0 spiro atoms. The van der Waals surface area contributed by atoms with Crippen LogP contribution in [-0.2, 0) is 0 Å². The Morgan fingerprint density at radius 2 is 1.94 bits per heavy atom. The molecule has 2 nitrogen and oxygen atoms in total. The van der Waals surface area contributed by atoms with E-state index in [2.05, 4.69) is 31.1 Å². The molecule has 1 N–H and O–H groups in total. The van der Waals surface area contributed by atoms with Gasteiger partial charge in [0.15, 0.2) is 0 Å². The van der Waals surface area contributed by atoms with E-state index in [1.54, 1.807) is 6.07 Å². The first-order valence-electron chi connectivity index (χ1n) is 5.85. The average molecular weight is 224 g/mol. The molecule has 0 saturated carbocycles. The number of pyridine rings is 1. The van der Waals surface area contributed by atoms with Gasteiger partial charge in [-0.3, -0.25) is 4.98 Å². The molecule has 2 atom stereocenters. The Morgan fingerprint density at radius 1 is 1.25 bits per heavy atom. The summed E-state index contributed by atoms with van der Waals surface area (Å²) < 4.78 is 12.7. The Labute approximate surface area is 97.3 Å². The summed E-state index contributed by atoms with van der Waals surface area (Å²) in [5, 5.41) is 3.41. The number of aromatic nitrogens is 1. The lowest BCUT2D eigenvalue weighted by Gasteiger charge is -2.19. The molecule has 90 valence electrons. The van der Waals surface area contributed by atoms with Crippen LogP contribution in [0.1, 0.15) is 39.4 Å². The molecule has 0 bridgehead atoms. The van der Waals surface area contributed by atoms with Crippen molar-refractivity contribution < 1.29 is 4.39 Å². The highest BCUT2D eigenvalue weighted by atomic mass is 19.1. The highest BCUT2D eigenvalue weighted by Gasteiger charge is 2.10. The molecule has 0 aliphatic carbocycles. The van der Waals surface area contributed by atoms with Gasteiger partial charge in [-0.1, -0.05) is 20.8 Å². The van der Waals surface area contributed by atoms with Gasteiger partial charge in [-0.05, 0) is 37.4 Å². The van der Waals surface area contributed by atoms with Crippen molar-refractivity contribution in [1.82, 2.24) is 10.3 Å². The topological polar surface area (TPSA) is 24.9 Å². The van der Waals surface area contributed by atoms with Gasteiger partial charge in [0.05, 0.1) is 11.9 Å². The van der Waals surface area contributed by atoms with Crippen LogP contribution in [0.3, 0.4) is 0 Å². The predicted molar refractivity (Wildman–Crippen MR) is 64.6 cm³/mol. The summed E-state index contributed by atoms with van der Waals surface area (Å²) in [6.07, 6.45) is 1.26. The van der Waals surface area contributed by atoms with E-state index in [4.69, 9.17) is 0 Å². The van der Waals surface area contributed by atoms with Crippen LogP contribution in [0.2, 0.25) is 0 Å². The maximum absolute atomic E-state index is 12.7. The Morgan fingerprint density at radius 3 is 2.44 bits per heavy atom. The minimum absolute atomic E-state index is 0.168. The normalized spacial score (nSPS) is 15.1. The van der Waals surface area contributed by atoms with Crippen molar-refractivity contribution >= 4 is 0 Å². The molecule has 0 aliphatic heterocycles. The van der Waals surface area contributed by atoms with Gasteiger partial charge in [0.25, 0.3) is 0 Å². The fraction of sp³-hybridized carbons (Fsp3) is 0.615. The zero-order chi connectivity index (χ0) is 12.1. The summed E-state index contributed by atoms with van der Waals surface area (Å²) >= 11 is 0. The molecular weight excluding hydrogens is 203 g/mol. The molecule has 1 aromatic rings. The standard InChI is InChI=1S/C13H21FN2/c1-9(2)10(3)7-15-11(4)13-6-5-12(14)8-16-13/h5-6,8-11,15H,7H2,1-4H3. The van der Waals surface area contributed by atoms with E-state index in [9.17, 15) is 4.39 Å². The lowest BCUT2D eigenvalue weighted by molar-refractivity contribution is 0.373. The van der Waals surface area contributed by atoms with E-state index in [-0.39, 0.29) is 11.9 Å². The number of halogens is 1. The highest BCUT2D eigenvalue weighted by molar-refractivity contribution is 5.08. The van der Waals surface area contributed by atoms with Crippen molar-refractivity contribution in [2.45, 2.75) is 33.7 Å². The molecular formula is C13H21FN2. The van der Waals surface area contributed by atoms with Gasteiger partial charge in [0.2, 0.25) is 0 Å². The van der Waals surface area contributed by atoms with Crippen LogP contribution in [0.15, 0.2) is 18.3 Å². The molecule has 0 saturated heterocycles. The van der Waals surface area contributed by atoms with Gasteiger partial charge in [-0.25, -0.2) is 4.39 Å². The molecule has 1 heterocycles. The Hall–Kier alpha value is -0.960. The van der Waals surface area contributed by atoms with E-state index >= 15 is 0 Å². The lowest BCUT2D eigenvalue weighted by Crippen LogP contribution is -2.27. The summed E-state index contributed by atoms with van der Waals surface area (Å²) in [7, 11) is 0. The second kappa shape index (κ2) is 5.94. The third kappa shape index (κ3) is 3.89. The zero-order valence-corrected chi connectivity index (χ0v) is 10.5. The molecule has 1 rings (SSSR count). The van der Waals surface area contributed by atoms with Crippen LogP contribution < -0.4 is 5.32 Å². The molecule has 0 aliphatic rings. The molecule has 0 radical (unpaired) electrons. The first-order chi connectivity index (χ1) is 7.50. The van der Waals surface area contributed by atoms with Crippen molar-refractivity contribution in [3.05, 3.63) is 29.8 Å². The summed E-state index contributed by atoms with van der Waals surface area (Å²) in [6.45, 7) is 9.66. The van der Waals surface area contributed by atoms with Crippen LogP contribution in [-0.4, -0.2) is 11.5 Å².